The normalized spacial score (nSPS) is 10.1. The van der Waals surface area contributed by atoms with E-state index in [1.807, 2.05) is 13.8 Å². The van der Waals surface area contributed by atoms with Gasteiger partial charge in [0.2, 0.25) is 5.91 Å². The Morgan fingerprint density at radius 1 is 1.24 bits per heavy atom. The van der Waals surface area contributed by atoms with Crippen molar-refractivity contribution < 1.29 is 19.5 Å². The molecule has 0 aliphatic rings. The van der Waals surface area contributed by atoms with E-state index in [0.717, 1.165) is 4.90 Å². The van der Waals surface area contributed by atoms with Crippen molar-refractivity contribution >= 4 is 17.9 Å². The first kappa shape index (κ1) is 15.2. The molecule has 0 aliphatic carbocycles. The second kappa shape index (κ2) is 6.72. The molecule has 0 spiro atoms. The van der Waals surface area contributed by atoms with Gasteiger partial charge in [0.25, 0.3) is 0 Å². The van der Waals surface area contributed by atoms with Crippen molar-refractivity contribution in [3.05, 3.63) is 0 Å². The molecule has 0 saturated carbocycles. The number of aliphatic carboxylic acids is 1. The van der Waals surface area contributed by atoms with Crippen LogP contribution in [0.5, 0.6) is 0 Å². The average molecular weight is 245 g/mol. The standard InChI is InChI=1S/C10H19N3O4/c1-7(2)4-12(3)10(17)13(5-8(11)14)6-9(15)16/h7H,4-6H2,1-3H3,(H2,11,14)(H,15,16). The molecule has 0 aromatic rings. The fraction of sp³-hybridized carbons (Fsp3) is 0.700. The molecule has 7 nitrogen and oxygen atoms in total. The number of carboxylic acid groups (broad SMARTS) is 1. The van der Waals surface area contributed by atoms with E-state index in [2.05, 4.69) is 0 Å². The maximum Gasteiger partial charge on any atom is 0.323 e. The van der Waals surface area contributed by atoms with Crippen molar-refractivity contribution in [1.29, 1.82) is 0 Å². The van der Waals surface area contributed by atoms with Crippen LogP contribution in [0.4, 0.5) is 4.79 Å². The van der Waals surface area contributed by atoms with Crippen LogP contribution in [-0.4, -0.2) is 59.5 Å². The predicted molar refractivity (Wildman–Crippen MR) is 61.3 cm³/mol. The van der Waals surface area contributed by atoms with Gasteiger partial charge in [0.1, 0.15) is 13.1 Å². The van der Waals surface area contributed by atoms with Crippen molar-refractivity contribution in [1.82, 2.24) is 9.80 Å². The third kappa shape index (κ3) is 6.39. The van der Waals surface area contributed by atoms with E-state index >= 15 is 0 Å². The fourth-order valence-electron chi connectivity index (χ4n) is 1.41. The van der Waals surface area contributed by atoms with Crippen LogP contribution in [0.25, 0.3) is 0 Å². The summed E-state index contributed by atoms with van der Waals surface area (Å²) in [5.74, 6) is -1.67. The number of rotatable bonds is 6. The predicted octanol–water partition coefficient (Wildman–Crippen LogP) is -0.434. The smallest absolute Gasteiger partial charge is 0.323 e. The zero-order valence-corrected chi connectivity index (χ0v) is 10.3. The van der Waals surface area contributed by atoms with E-state index in [0.29, 0.717) is 6.54 Å². The first-order chi connectivity index (χ1) is 7.73. The van der Waals surface area contributed by atoms with Crippen molar-refractivity contribution in [3.8, 4) is 0 Å². The lowest BCUT2D eigenvalue weighted by atomic mass is 10.2. The van der Waals surface area contributed by atoms with Crippen LogP contribution < -0.4 is 5.73 Å². The largest absolute Gasteiger partial charge is 0.480 e. The number of nitrogens with zero attached hydrogens (tertiary/aromatic N) is 2. The van der Waals surface area contributed by atoms with E-state index in [-0.39, 0.29) is 5.92 Å². The van der Waals surface area contributed by atoms with Crippen LogP contribution in [0, 0.1) is 5.92 Å². The molecule has 7 heteroatoms. The summed E-state index contributed by atoms with van der Waals surface area (Å²) in [7, 11) is 1.55. The average Bonchev–Trinajstić information content (AvgIpc) is 2.12. The molecular formula is C10H19N3O4. The highest BCUT2D eigenvalue weighted by Gasteiger charge is 2.22. The highest BCUT2D eigenvalue weighted by molar-refractivity contribution is 5.85. The molecule has 0 saturated heterocycles. The van der Waals surface area contributed by atoms with Crippen LogP contribution in [0.15, 0.2) is 0 Å². The molecule has 0 fully saturated rings. The number of nitrogens with two attached hydrogens (primary N) is 1. The molecule has 0 aromatic carbocycles. The minimum atomic E-state index is -1.18. The van der Waals surface area contributed by atoms with Gasteiger partial charge in [-0.15, -0.1) is 0 Å². The molecule has 0 atom stereocenters. The van der Waals surface area contributed by atoms with Crippen molar-refractivity contribution in [2.24, 2.45) is 11.7 Å². The summed E-state index contributed by atoms with van der Waals surface area (Å²) in [6.45, 7) is 3.41. The summed E-state index contributed by atoms with van der Waals surface area (Å²) in [6, 6.07) is -0.514. The number of amides is 3. The van der Waals surface area contributed by atoms with E-state index in [1.165, 1.54) is 4.90 Å². The third-order valence-corrected chi connectivity index (χ3v) is 1.91. The number of carboxylic acids is 1. The number of primary amides is 1. The zero-order chi connectivity index (χ0) is 13.6. The molecule has 17 heavy (non-hydrogen) atoms. The quantitative estimate of drug-likeness (QED) is 0.662. The summed E-state index contributed by atoms with van der Waals surface area (Å²) in [5, 5.41) is 8.64. The van der Waals surface area contributed by atoms with Gasteiger partial charge in [-0.3, -0.25) is 9.59 Å². The van der Waals surface area contributed by atoms with Crippen molar-refractivity contribution in [2.75, 3.05) is 26.7 Å². The van der Waals surface area contributed by atoms with E-state index in [4.69, 9.17) is 10.8 Å². The van der Waals surface area contributed by atoms with Gasteiger partial charge in [-0.2, -0.15) is 0 Å². The van der Waals surface area contributed by atoms with Crippen LogP contribution >= 0.6 is 0 Å². The molecule has 0 unspecified atom stereocenters. The Kier molecular flexibility index (Phi) is 6.01. The van der Waals surface area contributed by atoms with Gasteiger partial charge in [-0.1, -0.05) is 13.8 Å². The monoisotopic (exact) mass is 245 g/mol. The molecule has 0 aromatic heterocycles. The maximum absolute atomic E-state index is 11.8. The Morgan fingerprint density at radius 2 is 1.76 bits per heavy atom. The minimum absolute atomic E-state index is 0.254. The second-order valence-electron chi connectivity index (χ2n) is 4.27. The highest BCUT2D eigenvalue weighted by atomic mass is 16.4. The molecule has 0 radical (unpaired) electrons. The number of hydrogen-bond acceptors (Lipinski definition) is 3. The molecule has 3 amide bonds. The van der Waals surface area contributed by atoms with Crippen molar-refractivity contribution in [3.63, 3.8) is 0 Å². The Hall–Kier alpha value is -1.79. The summed E-state index contributed by atoms with van der Waals surface area (Å²) < 4.78 is 0. The van der Waals surface area contributed by atoms with E-state index < -0.39 is 31.0 Å². The highest BCUT2D eigenvalue weighted by Crippen LogP contribution is 2.01. The van der Waals surface area contributed by atoms with Crippen LogP contribution in [0.3, 0.4) is 0 Å². The Labute approximate surface area is 100 Å². The number of carbonyl (C=O) groups excluding carboxylic acids is 2. The molecule has 0 rings (SSSR count). The molecule has 0 bridgehead atoms. The first-order valence-corrected chi connectivity index (χ1v) is 5.24. The van der Waals surface area contributed by atoms with Crippen LogP contribution in [0.2, 0.25) is 0 Å². The van der Waals surface area contributed by atoms with Crippen molar-refractivity contribution in [2.45, 2.75) is 13.8 Å². The van der Waals surface area contributed by atoms with Gasteiger partial charge in [0.15, 0.2) is 0 Å². The van der Waals surface area contributed by atoms with E-state index in [9.17, 15) is 14.4 Å². The summed E-state index contributed by atoms with van der Waals surface area (Å²) >= 11 is 0. The van der Waals surface area contributed by atoms with Crippen LogP contribution in [0.1, 0.15) is 13.8 Å². The Morgan fingerprint density at radius 3 is 2.12 bits per heavy atom. The maximum atomic E-state index is 11.8. The van der Waals surface area contributed by atoms with Crippen LogP contribution in [-0.2, 0) is 9.59 Å². The van der Waals surface area contributed by atoms with Gasteiger partial charge in [0, 0.05) is 13.6 Å². The molecule has 98 valence electrons. The summed E-state index contributed by atoms with van der Waals surface area (Å²) in [5.41, 5.74) is 4.96. The SMILES string of the molecule is CC(C)CN(C)C(=O)N(CC(N)=O)CC(=O)O. The third-order valence-electron chi connectivity index (χ3n) is 1.91. The second-order valence-corrected chi connectivity index (χ2v) is 4.27. The lowest BCUT2D eigenvalue weighted by Crippen LogP contribution is -2.48. The molecule has 0 aliphatic heterocycles. The topological polar surface area (TPSA) is 104 Å². The van der Waals surface area contributed by atoms with Gasteiger partial charge < -0.3 is 20.6 Å². The van der Waals surface area contributed by atoms with Gasteiger partial charge >= 0.3 is 12.0 Å². The lowest BCUT2D eigenvalue weighted by molar-refractivity contribution is -0.138. The Balaban J connectivity index is 4.61. The first-order valence-electron chi connectivity index (χ1n) is 5.24. The summed E-state index contributed by atoms with van der Waals surface area (Å²) in [6.07, 6.45) is 0. The Bertz CT molecular complexity index is 288. The number of hydrogen-bond donors (Lipinski definition) is 2. The molecule has 3 N–H and O–H groups in total. The van der Waals surface area contributed by atoms with E-state index in [1.54, 1.807) is 7.05 Å². The van der Waals surface area contributed by atoms with Gasteiger partial charge in [0.05, 0.1) is 0 Å². The minimum Gasteiger partial charge on any atom is -0.480 e. The van der Waals surface area contributed by atoms with Gasteiger partial charge in [-0.05, 0) is 5.92 Å². The number of urea groups is 1. The molecular weight excluding hydrogens is 226 g/mol. The number of carbonyl (C=O) groups is 3. The summed E-state index contributed by atoms with van der Waals surface area (Å²) in [4.78, 5) is 35.4. The lowest BCUT2D eigenvalue weighted by Gasteiger charge is -2.27. The zero-order valence-electron chi connectivity index (χ0n) is 10.3. The van der Waals surface area contributed by atoms with Gasteiger partial charge in [-0.25, -0.2) is 4.79 Å². The fourth-order valence-corrected chi connectivity index (χ4v) is 1.41. The molecule has 0 heterocycles.